The second-order valence-corrected chi connectivity index (χ2v) is 6.32. The van der Waals surface area contributed by atoms with Gasteiger partial charge in [-0.05, 0) is 18.3 Å². The fourth-order valence-electron chi connectivity index (χ4n) is 3.33. The average molecular weight is 279 g/mol. The van der Waals surface area contributed by atoms with Crippen molar-refractivity contribution in [2.24, 2.45) is 11.1 Å². The van der Waals surface area contributed by atoms with Crippen molar-refractivity contribution >= 4 is 0 Å². The quantitative estimate of drug-likeness (QED) is 0.853. The largest absolute Gasteiger partial charge is 0.401 e. The van der Waals surface area contributed by atoms with E-state index >= 15 is 0 Å². The van der Waals surface area contributed by atoms with E-state index < -0.39 is 12.7 Å². The maximum atomic E-state index is 12.3. The molecule has 0 amide bonds. The Morgan fingerprint density at radius 3 is 2.21 bits per heavy atom. The third-order valence-corrected chi connectivity index (χ3v) is 4.61. The molecule has 2 rings (SSSR count). The van der Waals surface area contributed by atoms with Crippen molar-refractivity contribution in [3.63, 3.8) is 0 Å². The molecule has 0 radical (unpaired) electrons. The number of hydrogen-bond acceptors (Lipinski definition) is 3. The number of halogens is 3. The lowest BCUT2D eigenvalue weighted by Crippen LogP contribution is -2.53. The standard InChI is InChI=1S/C13H24F3N3/c1-12(4-2-3-11(12)17)9-18-5-7-19(8-6-18)10-13(14,15)16/h11H,2-10,17H2,1H3. The monoisotopic (exact) mass is 279 g/mol. The molecule has 6 heteroatoms. The summed E-state index contributed by atoms with van der Waals surface area (Å²) in [6, 6.07) is 0.237. The molecule has 2 atom stereocenters. The van der Waals surface area contributed by atoms with E-state index in [1.54, 1.807) is 0 Å². The van der Waals surface area contributed by atoms with E-state index in [1.165, 1.54) is 11.3 Å². The third-order valence-electron chi connectivity index (χ3n) is 4.61. The smallest absolute Gasteiger partial charge is 0.327 e. The Hall–Kier alpha value is -0.330. The van der Waals surface area contributed by atoms with E-state index in [0.29, 0.717) is 13.1 Å². The zero-order valence-corrected chi connectivity index (χ0v) is 11.5. The molecular formula is C13H24F3N3. The summed E-state index contributed by atoms with van der Waals surface area (Å²) in [6.07, 6.45) is -0.699. The molecule has 112 valence electrons. The van der Waals surface area contributed by atoms with Gasteiger partial charge in [0.05, 0.1) is 6.54 Å². The van der Waals surface area contributed by atoms with Gasteiger partial charge >= 0.3 is 6.18 Å². The number of hydrogen-bond donors (Lipinski definition) is 1. The minimum Gasteiger partial charge on any atom is -0.327 e. The topological polar surface area (TPSA) is 32.5 Å². The van der Waals surface area contributed by atoms with Crippen LogP contribution in [0.1, 0.15) is 26.2 Å². The lowest BCUT2D eigenvalue weighted by atomic mass is 9.84. The van der Waals surface area contributed by atoms with Crippen molar-refractivity contribution in [2.45, 2.75) is 38.4 Å². The summed E-state index contributed by atoms with van der Waals surface area (Å²) in [5.41, 5.74) is 6.30. The minimum absolute atomic E-state index is 0.145. The van der Waals surface area contributed by atoms with Crippen molar-refractivity contribution in [3.8, 4) is 0 Å². The van der Waals surface area contributed by atoms with Gasteiger partial charge in [0, 0.05) is 38.8 Å². The maximum Gasteiger partial charge on any atom is 0.401 e. The van der Waals surface area contributed by atoms with Gasteiger partial charge in [-0.25, -0.2) is 0 Å². The van der Waals surface area contributed by atoms with Gasteiger partial charge in [0.25, 0.3) is 0 Å². The summed E-state index contributed by atoms with van der Waals surface area (Å²) < 4.78 is 36.9. The second kappa shape index (κ2) is 5.58. The van der Waals surface area contributed by atoms with Crippen LogP contribution < -0.4 is 5.73 Å². The first-order valence-corrected chi connectivity index (χ1v) is 7.06. The molecule has 0 aromatic rings. The van der Waals surface area contributed by atoms with Gasteiger partial charge in [-0.3, -0.25) is 4.90 Å². The normalized spacial score (nSPS) is 34.9. The Morgan fingerprint density at radius 1 is 1.16 bits per heavy atom. The van der Waals surface area contributed by atoms with Gasteiger partial charge in [-0.15, -0.1) is 0 Å². The summed E-state index contributed by atoms with van der Waals surface area (Å²) in [4.78, 5) is 3.77. The lowest BCUT2D eigenvalue weighted by Gasteiger charge is -2.40. The molecule has 0 aromatic heterocycles. The highest BCUT2D eigenvalue weighted by Gasteiger charge is 2.39. The maximum absolute atomic E-state index is 12.3. The molecule has 2 aliphatic rings. The van der Waals surface area contributed by atoms with Gasteiger partial charge < -0.3 is 10.6 Å². The van der Waals surface area contributed by atoms with Crippen LogP contribution in [0.2, 0.25) is 0 Å². The van der Waals surface area contributed by atoms with E-state index in [2.05, 4.69) is 11.8 Å². The van der Waals surface area contributed by atoms with Crippen molar-refractivity contribution in [2.75, 3.05) is 39.3 Å². The van der Waals surface area contributed by atoms with Crippen molar-refractivity contribution in [3.05, 3.63) is 0 Å². The number of nitrogens with zero attached hydrogens (tertiary/aromatic N) is 2. The van der Waals surface area contributed by atoms with Crippen LogP contribution in [0.5, 0.6) is 0 Å². The van der Waals surface area contributed by atoms with Gasteiger partial charge in [-0.1, -0.05) is 13.3 Å². The van der Waals surface area contributed by atoms with Gasteiger partial charge in [0.1, 0.15) is 0 Å². The predicted molar refractivity (Wildman–Crippen MR) is 68.9 cm³/mol. The molecule has 2 N–H and O–H groups in total. The molecule has 1 aliphatic heterocycles. The Morgan fingerprint density at radius 2 is 1.74 bits per heavy atom. The highest BCUT2D eigenvalue weighted by Crippen LogP contribution is 2.37. The van der Waals surface area contributed by atoms with Crippen LogP contribution in [0.4, 0.5) is 13.2 Å². The number of rotatable bonds is 3. The highest BCUT2D eigenvalue weighted by atomic mass is 19.4. The first-order valence-electron chi connectivity index (χ1n) is 7.06. The molecule has 19 heavy (non-hydrogen) atoms. The molecule has 0 spiro atoms. The molecule has 1 saturated carbocycles. The van der Waals surface area contributed by atoms with E-state index in [1.807, 2.05) is 0 Å². The SMILES string of the molecule is CC1(CN2CCN(CC(F)(F)F)CC2)CCCC1N. The summed E-state index contributed by atoms with van der Waals surface area (Å²) in [6.45, 7) is 4.81. The summed E-state index contributed by atoms with van der Waals surface area (Å²) >= 11 is 0. The van der Waals surface area contributed by atoms with Gasteiger partial charge in [0.15, 0.2) is 0 Å². The molecule has 2 fully saturated rings. The Bertz CT molecular complexity index is 300. The molecule has 0 bridgehead atoms. The van der Waals surface area contributed by atoms with E-state index in [-0.39, 0.29) is 11.5 Å². The Kier molecular flexibility index (Phi) is 4.42. The van der Waals surface area contributed by atoms with Crippen molar-refractivity contribution in [1.29, 1.82) is 0 Å². The van der Waals surface area contributed by atoms with Crippen LogP contribution in [0, 0.1) is 5.41 Å². The fourth-order valence-corrected chi connectivity index (χ4v) is 3.33. The van der Waals surface area contributed by atoms with Gasteiger partial charge in [-0.2, -0.15) is 13.2 Å². The summed E-state index contributed by atoms with van der Waals surface area (Å²) in [5.74, 6) is 0. The highest BCUT2D eigenvalue weighted by molar-refractivity contribution is 4.94. The first-order chi connectivity index (χ1) is 8.78. The molecule has 3 nitrogen and oxygen atoms in total. The predicted octanol–water partition coefficient (Wildman–Crippen LogP) is 1.68. The van der Waals surface area contributed by atoms with Crippen LogP contribution in [-0.2, 0) is 0 Å². The van der Waals surface area contributed by atoms with E-state index in [9.17, 15) is 13.2 Å². The van der Waals surface area contributed by atoms with Crippen LogP contribution in [0.3, 0.4) is 0 Å². The first kappa shape index (κ1) is 15.1. The van der Waals surface area contributed by atoms with Crippen molar-refractivity contribution < 1.29 is 13.2 Å². The Balaban J connectivity index is 1.77. The summed E-state index contributed by atoms with van der Waals surface area (Å²) in [5, 5.41) is 0. The number of alkyl halides is 3. The van der Waals surface area contributed by atoms with E-state index in [0.717, 1.165) is 32.5 Å². The molecule has 2 unspecified atom stereocenters. The van der Waals surface area contributed by atoms with Crippen LogP contribution in [-0.4, -0.2) is 61.3 Å². The number of nitrogens with two attached hydrogens (primary N) is 1. The molecular weight excluding hydrogens is 255 g/mol. The second-order valence-electron chi connectivity index (χ2n) is 6.32. The van der Waals surface area contributed by atoms with Crippen LogP contribution >= 0.6 is 0 Å². The molecule has 1 aliphatic carbocycles. The zero-order chi connectivity index (χ0) is 14.1. The minimum atomic E-state index is -4.08. The molecule has 1 saturated heterocycles. The molecule has 0 aromatic carbocycles. The Labute approximate surface area is 112 Å². The zero-order valence-electron chi connectivity index (χ0n) is 11.5. The number of piperazine rings is 1. The summed E-state index contributed by atoms with van der Waals surface area (Å²) in [7, 11) is 0. The van der Waals surface area contributed by atoms with Crippen molar-refractivity contribution in [1.82, 2.24) is 9.80 Å². The third kappa shape index (κ3) is 4.07. The fraction of sp³-hybridized carbons (Fsp3) is 1.00. The van der Waals surface area contributed by atoms with Crippen LogP contribution in [0.15, 0.2) is 0 Å². The van der Waals surface area contributed by atoms with Crippen LogP contribution in [0.25, 0.3) is 0 Å². The van der Waals surface area contributed by atoms with E-state index in [4.69, 9.17) is 5.73 Å². The molecule has 1 heterocycles. The average Bonchev–Trinajstić information content (AvgIpc) is 2.60. The van der Waals surface area contributed by atoms with Gasteiger partial charge in [0.2, 0.25) is 0 Å². The lowest BCUT2D eigenvalue weighted by molar-refractivity contribution is -0.149.